The summed E-state index contributed by atoms with van der Waals surface area (Å²) in [6, 6.07) is 1.99. The molecule has 19 heavy (non-hydrogen) atoms. The SMILES string of the molecule is CC(Nc1cc(C(F)(F)F)ccc1F)c1cncs1. The summed E-state index contributed by atoms with van der Waals surface area (Å²) in [5.74, 6) is -0.718. The normalized spacial score (nSPS) is 13.3. The minimum atomic E-state index is -4.49. The number of thiazole rings is 1. The van der Waals surface area contributed by atoms with Gasteiger partial charge < -0.3 is 5.32 Å². The van der Waals surface area contributed by atoms with Crippen molar-refractivity contribution < 1.29 is 17.6 Å². The second-order valence-electron chi connectivity index (χ2n) is 3.96. The molecule has 0 saturated carbocycles. The molecule has 1 N–H and O–H groups in total. The van der Waals surface area contributed by atoms with Gasteiger partial charge in [-0.05, 0) is 25.1 Å². The summed E-state index contributed by atoms with van der Waals surface area (Å²) < 4.78 is 51.2. The predicted octanol–water partition coefficient (Wildman–Crippen LogP) is 4.47. The molecule has 0 fully saturated rings. The Labute approximate surface area is 111 Å². The van der Waals surface area contributed by atoms with Crippen molar-refractivity contribution in [1.82, 2.24) is 4.98 Å². The summed E-state index contributed by atoms with van der Waals surface area (Å²) in [6.45, 7) is 1.73. The molecule has 2 rings (SSSR count). The Morgan fingerprint density at radius 1 is 1.32 bits per heavy atom. The topological polar surface area (TPSA) is 24.9 Å². The smallest absolute Gasteiger partial charge is 0.375 e. The van der Waals surface area contributed by atoms with Crippen LogP contribution in [0.2, 0.25) is 0 Å². The number of benzene rings is 1. The highest BCUT2D eigenvalue weighted by Gasteiger charge is 2.31. The fourth-order valence-electron chi connectivity index (χ4n) is 1.56. The van der Waals surface area contributed by atoms with E-state index in [-0.39, 0.29) is 11.7 Å². The van der Waals surface area contributed by atoms with Crippen molar-refractivity contribution in [3.63, 3.8) is 0 Å². The summed E-state index contributed by atoms with van der Waals surface area (Å²) in [5, 5.41) is 2.72. The molecule has 1 aromatic carbocycles. The number of hydrogen-bond acceptors (Lipinski definition) is 3. The molecular weight excluding hydrogens is 280 g/mol. The number of hydrogen-bond donors (Lipinski definition) is 1. The van der Waals surface area contributed by atoms with Crippen molar-refractivity contribution in [1.29, 1.82) is 0 Å². The minimum absolute atomic E-state index is 0.171. The average molecular weight is 290 g/mol. The van der Waals surface area contributed by atoms with Crippen LogP contribution in [0, 0.1) is 5.82 Å². The molecular formula is C12H10F4N2S. The molecule has 0 radical (unpaired) electrons. The summed E-state index contributed by atoms with van der Waals surface area (Å²) >= 11 is 1.35. The standard InChI is InChI=1S/C12H10F4N2S/c1-7(11-5-17-6-19-11)18-10-4-8(12(14,15)16)2-3-9(10)13/h2-7,18H,1H3. The molecule has 0 saturated heterocycles. The van der Waals surface area contributed by atoms with E-state index in [9.17, 15) is 17.6 Å². The molecule has 102 valence electrons. The molecule has 1 atom stereocenters. The van der Waals surface area contributed by atoms with Gasteiger partial charge in [-0.1, -0.05) is 0 Å². The molecule has 7 heteroatoms. The first kappa shape index (κ1) is 13.8. The second-order valence-corrected chi connectivity index (χ2v) is 4.88. The van der Waals surface area contributed by atoms with Gasteiger partial charge in [-0.2, -0.15) is 13.2 Å². The third-order valence-electron chi connectivity index (χ3n) is 2.54. The van der Waals surface area contributed by atoms with Crippen molar-refractivity contribution >= 4 is 17.0 Å². The third kappa shape index (κ3) is 3.23. The zero-order valence-electron chi connectivity index (χ0n) is 9.83. The van der Waals surface area contributed by atoms with E-state index in [0.29, 0.717) is 0 Å². The van der Waals surface area contributed by atoms with Crippen molar-refractivity contribution in [3.05, 3.63) is 46.2 Å². The molecule has 1 unspecified atom stereocenters. The number of anilines is 1. The van der Waals surface area contributed by atoms with Crippen molar-refractivity contribution in [3.8, 4) is 0 Å². The van der Waals surface area contributed by atoms with E-state index in [4.69, 9.17) is 0 Å². The van der Waals surface area contributed by atoms with Crippen LogP contribution in [-0.2, 0) is 6.18 Å². The van der Waals surface area contributed by atoms with E-state index in [0.717, 1.165) is 23.1 Å². The van der Waals surface area contributed by atoms with E-state index in [1.165, 1.54) is 11.3 Å². The van der Waals surface area contributed by atoms with Crippen LogP contribution in [0.1, 0.15) is 23.4 Å². The number of aromatic nitrogens is 1. The lowest BCUT2D eigenvalue weighted by Crippen LogP contribution is -2.10. The number of halogens is 4. The van der Waals surface area contributed by atoms with E-state index in [1.807, 2.05) is 0 Å². The molecule has 0 spiro atoms. The van der Waals surface area contributed by atoms with Crippen LogP contribution < -0.4 is 5.32 Å². The summed E-state index contributed by atoms with van der Waals surface area (Å²) in [6.07, 6.45) is -2.90. The molecule has 0 bridgehead atoms. The van der Waals surface area contributed by atoms with Gasteiger partial charge in [0.1, 0.15) is 5.82 Å². The molecule has 0 amide bonds. The fraction of sp³-hybridized carbons (Fsp3) is 0.250. The van der Waals surface area contributed by atoms with Crippen LogP contribution in [0.25, 0.3) is 0 Å². The lowest BCUT2D eigenvalue weighted by Gasteiger charge is -2.15. The highest BCUT2D eigenvalue weighted by atomic mass is 32.1. The van der Waals surface area contributed by atoms with Crippen LogP contribution in [0.15, 0.2) is 29.9 Å². The van der Waals surface area contributed by atoms with Crippen molar-refractivity contribution in [2.24, 2.45) is 0 Å². The molecule has 1 heterocycles. The molecule has 0 aliphatic carbocycles. The van der Waals surface area contributed by atoms with Crippen LogP contribution in [-0.4, -0.2) is 4.98 Å². The van der Waals surface area contributed by atoms with E-state index in [1.54, 1.807) is 18.6 Å². The van der Waals surface area contributed by atoms with E-state index >= 15 is 0 Å². The van der Waals surface area contributed by atoms with Gasteiger partial charge in [-0.3, -0.25) is 4.98 Å². The van der Waals surface area contributed by atoms with Gasteiger partial charge in [-0.25, -0.2) is 4.39 Å². The second kappa shape index (κ2) is 5.16. The third-order valence-corrected chi connectivity index (χ3v) is 3.50. The Morgan fingerprint density at radius 3 is 2.63 bits per heavy atom. The van der Waals surface area contributed by atoms with E-state index in [2.05, 4.69) is 10.3 Å². The van der Waals surface area contributed by atoms with Crippen LogP contribution >= 0.6 is 11.3 Å². The molecule has 0 aliphatic rings. The lowest BCUT2D eigenvalue weighted by molar-refractivity contribution is -0.137. The number of nitrogens with one attached hydrogen (secondary N) is 1. The van der Waals surface area contributed by atoms with Crippen LogP contribution in [0.3, 0.4) is 0 Å². The monoisotopic (exact) mass is 290 g/mol. The van der Waals surface area contributed by atoms with Gasteiger partial charge in [0.25, 0.3) is 0 Å². The first-order valence-corrected chi connectivity index (χ1v) is 6.27. The van der Waals surface area contributed by atoms with Gasteiger partial charge in [0.05, 0.1) is 22.8 Å². The maximum absolute atomic E-state index is 13.5. The highest BCUT2D eigenvalue weighted by Crippen LogP contribution is 2.33. The quantitative estimate of drug-likeness (QED) is 0.843. The molecule has 1 aromatic heterocycles. The first-order chi connectivity index (χ1) is 8.88. The van der Waals surface area contributed by atoms with Crippen molar-refractivity contribution in [2.75, 3.05) is 5.32 Å². The summed E-state index contributed by atoms with van der Waals surface area (Å²) in [4.78, 5) is 4.69. The molecule has 0 aliphatic heterocycles. The van der Waals surface area contributed by atoms with Gasteiger partial charge in [-0.15, -0.1) is 11.3 Å². The first-order valence-electron chi connectivity index (χ1n) is 5.39. The van der Waals surface area contributed by atoms with Gasteiger partial charge >= 0.3 is 6.18 Å². The summed E-state index contributed by atoms with van der Waals surface area (Å²) in [7, 11) is 0. The van der Waals surface area contributed by atoms with Gasteiger partial charge in [0.2, 0.25) is 0 Å². The highest BCUT2D eigenvalue weighted by molar-refractivity contribution is 7.09. The van der Waals surface area contributed by atoms with Crippen LogP contribution in [0.4, 0.5) is 23.2 Å². The van der Waals surface area contributed by atoms with Crippen molar-refractivity contribution in [2.45, 2.75) is 19.1 Å². The fourth-order valence-corrected chi connectivity index (χ4v) is 2.18. The Balaban J connectivity index is 2.25. The Morgan fingerprint density at radius 2 is 2.05 bits per heavy atom. The Hall–Kier alpha value is -1.63. The molecule has 2 aromatic rings. The number of alkyl halides is 3. The lowest BCUT2D eigenvalue weighted by atomic mass is 10.1. The largest absolute Gasteiger partial charge is 0.416 e. The Bertz CT molecular complexity index is 551. The molecule has 2 nitrogen and oxygen atoms in total. The Kier molecular flexibility index (Phi) is 3.75. The maximum Gasteiger partial charge on any atom is 0.416 e. The number of nitrogens with zero attached hydrogens (tertiary/aromatic N) is 1. The van der Waals surface area contributed by atoms with Gasteiger partial charge in [0, 0.05) is 11.1 Å². The van der Waals surface area contributed by atoms with Gasteiger partial charge in [0.15, 0.2) is 0 Å². The zero-order valence-corrected chi connectivity index (χ0v) is 10.6. The van der Waals surface area contributed by atoms with Crippen LogP contribution in [0.5, 0.6) is 0 Å². The summed E-state index contributed by atoms with van der Waals surface area (Å²) in [5.41, 5.74) is 0.555. The zero-order chi connectivity index (χ0) is 14.0. The number of rotatable bonds is 3. The maximum atomic E-state index is 13.5. The van der Waals surface area contributed by atoms with E-state index < -0.39 is 17.6 Å². The average Bonchev–Trinajstić information content (AvgIpc) is 2.84. The predicted molar refractivity (Wildman–Crippen MR) is 65.6 cm³/mol. The minimum Gasteiger partial charge on any atom is -0.375 e.